The second kappa shape index (κ2) is 5.44. The van der Waals surface area contributed by atoms with Gasteiger partial charge in [-0.25, -0.2) is 4.98 Å². The first-order valence-corrected chi connectivity index (χ1v) is 6.80. The zero-order chi connectivity index (χ0) is 16.6. The standard InChI is InChI=1S/C14H15N7O2/c1-16-11-6-10(18-9-4-3-5-20(2)14(9)23)19-13-8(12(15)22)7-17-21(11)13/h3-7,16H,1-2H3,(H2,15,22)(H,18,19). The third-order valence-electron chi connectivity index (χ3n) is 3.38. The molecule has 0 atom stereocenters. The molecule has 0 unspecified atom stereocenters. The number of hydrogen-bond donors (Lipinski definition) is 3. The molecule has 0 saturated heterocycles. The second-order valence-corrected chi connectivity index (χ2v) is 4.90. The van der Waals surface area contributed by atoms with Crippen molar-refractivity contribution in [2.24, 2.45) is 12.8 Å². The highest BCUT2D eigenvalue weighted by atomic mass is 16.1. The van der Waals surface area contributed by atoms with Crippen LogP contribution in [0.5, 0.6) is 0 Å². The Kier molecular flexibility index (Phi) is 3.45. The first kappa shape index (κ1) is 14.6. The lowest BCUT2D eigenvalue weighted by Crippen LogP contribution is -2.19. The average Bonchev–Trinajstić information content (AvgIpc) is 2.95. The van der Waals surface area contributed by atoms with Crippen molar-refractivity contribution in [3.63, 3.8) is 0 Å². The van der Waals surface area contributed by atoms with Gasteiger partial charge in [-0.3, -0.25) is 9.59 Å². The number of carbonyl (C=O) groups is 1. The molecule has 0 bridgehead atoms. The Bertz CT molecular complexity index is 957. The number of nitrogens with one attached hydrogen (secondary N) is 2. The maximum atomic E-state index is 12.1. The van der Waals surface area contributed by atoms with Gasteiger partial charge in [-0.2, -0.15) is 9.61 Å². The van der Waals surface area contributed by atoms with Crippen LogP contribution in [0.1, 0.15) is 10.4 Å². The summed E-state index contributed by atoms with van der Waals surface area (Å²) in [7, 11) is 3.37. The summed E-state index contributed by atoms with van der Waals surface area (Å²) in [4.78, 5) is 27.9. The van der Waals surface area contributed by atoms with Crippen molar-refractivity contribution in [3.05, 3.63) is 46.5 Å². The van der Waals surface area contributed by atoms with Gasteiger partial charge in [0.2, 0.25) is 0 Å². The molecule has 0 saturated carbocycles. The predicted molar refractivity (Wildman–Crippen MR) is 86.0 cm³/mol. The molecule has 4 N–H and O–H groups in total. The zero-order valence-corrected chi connectivity index (χ0v) is 12.6. The lowest BCUT2D eigenvalue weighted by Gasteiger charge is -2.10. The van der Waals surface area contributed by atoms with Crippen molar-refractivity contribution in [2.45, 2.75) is 0 Å². The van der Waals surface area contributed by atoms with E-state index in [1.165, 1.54) is 15.3 Å². The van der Waals surface area contributed by atoms with Gasteiger partial charge in [0.25, 0.3) is 11.5 Å². The molecule has 9 nitrogen and oxygen atoms in total. The highest BCUT2D eigenvalue weighted by molar-refractivity contribution is 5.98. The number of aromatic nitrogens is 4. The first-order chi connectivity index (χ1) is 11.0. The molecule has 9 heteroatoms. The SMILES string of the molecule is CNc1cc(Nc2cccn(C)c2=O)nc2c(C(N)=O)cnn12. The quantitative estimate of drug-likeness (QED) is 0.638. The number of pyridine rings is 1. The highest BCUT2D eigenvalue weighted by Crippen LogP contribution is 2.20. The lowest BCUT2D eigenvalue weighted by atomic mass is 10.3. The molecule has 0 aromatic carbocycles. The monoisotopic (exact) mass is 313 g/mol. The van der Waals surface area contributed by atoms with E-state index in [2.05, 4.69) is 20.7 Å². The van der Waals surface area contributed by atoms with Crippen LogP contribution in [-0.2, 0) is 7.05 Å². The maximum absolute atomic E-state index is 12.1. The minimum absolute atomic E-state index is 0.191. The number of carbonyl (C=O) groups excluding carboxylic acids is 1. The minimum Gasteiger partial charge on any atom is -0.373 e. The molecule has 0 aliphatic heterocycles. The number of anilines is 3. The Labute approximate surface area is 130 Å². The van der Waals surface area contributed by atoms with Gasteiger partial charge in [-0.05, 0) is 12.1 Å². The van der Waals surface area contributed by atoms with Gasteiger partial charge in [-0.1, -0.05) is 0 Å². The summed E-state index contributed by atoms with van der Waals surface area (Å²) in [6, 6.07) is 5.07. The molecule has 0 radical (unpaired) electrons. The molecule has 0 aliphatic rings. The van der Waals surface area contributed by atoms with E-state index in [-0.39, 0.29) is 11.1 Å². The Morgan fingerprint density at radius 2 is 2.17 bits per heavy atom. The normalized spacial score (nSPS) is 10.7. The van der Waals surface area contributed by atoms with Gasteiger partial charge in [0.15, 0.2) is 5.65 Å². The third kappa shape index (κ3) is 2.48. The number of hydrogen-bond acceptors (Lipinski definition) is 6. The van der Waals surface area contributed by atoms with Crippen LogP contribution in [0.15, 0.2) is 35.4 Å². The number of aryl methyl sites for hydroxylation is 1. The van der Waals surface area contributed by atoms with Gasteiger partial charge < -0.3 is 20.9 Å². The van der Waals surface area contributed by atoms with E-state index in [0.29, 0.717) is 23.0 Å². The van der Waals surface area contributed by atoms with Crippen LogP contribution in [0.25, 0.3) is 5.65 Å². The fourth-order valence-electron chi connectivity index (χ4n) is 2.21. The summed E-state index contributed by atoms with van der Waals surface area (Å²) in [5.41, 5.74) is 6.02. The molecule has 0 fully saturated rings. The van der Waals surface area contributed by atoms with Gasteiger partial charge in [0, 0.05) is 26.4 Å². The van der Waals surface area contributed by atoms with Crippen molar-refractivity contribution in [3.8, 4) is 0 Å². The van der Waals surface area contributed by atoms with Gasteiger partial charge in [0.1, 0.15) is 22.9 Å². The molecule has 3 aromatic rings. The number of primary amides is 1. The molecular formula is C14H15N7O2. The molecule has 3 heterocycles. The van der Waals surface area contributed by atoms with Crippen molar-refractivity contribution in [1.82, 2.24) is 19.2 Å². The average molecular weight is 313 g/mol. The zero-order valence-electron chi connectivity index (χ0n) is 12.6. The number of fused-ring (bicyclic) bond motifs is 1. The van der Waals surface area contributed by atoms with E-state index in [0.717, 1.165) is 0 Å². The summed E-state index contributed by atoms with van der Waals surface area (Å²) in [5.74, 6) is 0.369. The molecule has 118 valence electrons. The summed E-state index contributed by atoms with van der Waals surface area (Å²) < 4.78 is 2.92. The van der Waals surface area contributed by atoms with Crippen molar-refractivity contribution < 1.29 is 4.79 Å². The topological polar surface area (TPSA) is 119 Å². The molecule has 0 aliphatic carbocycles. The van der Waals surface area contributed by atoms with Crippen LogP contribution >= 0.6 is 0 Å². The molecule has 3 aromatic heterocycles. The number of nitrogens with two attached hydrogens (primary N) is 1. The second-order valence-electron chi connectivity index (χ2n) is 4.90. The molecule has 3 rings (SSSR count). The van der Waals surface area contributed by atoms with Crippen LogP contribution < -0.4 is 21.9 Å². The van der Waals surface area contributed by atoms with Crippen molar-refractivity contribution >= 4 is 28.9 Å². The smallest absolute Gasteiger partial charge is 0.274 e. The fourth-order valence-corrected chi connectivity index (χ4v) is 2.21. The van der Waals surface area contributed by atoms with Crippen LogP contribution in [-0.4, -0.2) is 32.1 Å². The van der Waals surface area contributed by atoms with E-state index < -0.39 is 5.91 Å². The number of nitrogens with zero attached hydrogens (tertiary/aromatic N) is 4. The minimum atomic E-state index is -0.623. The Hall–Kier alpha value is -3.36. The van der Waals surface area contributed by atoms with Crippen molar-refractivity contribution in [2.75, 3.05) is 17.7 Å². The van der Waals surface area contributed by atoms with Crippen LogP contribution in [0.3, 0.4) is 0 Å². The lowest BCUT2D eigenvalue weighted by molar-refractivity contribution is 0.100. The van der Waals surface area contributed by atoms with E-state index >= 15 is 0 Å². The van der Waals surface area contributed by atoms with Crippen LogP contribution in [0.2, 0.25) is 0 Å². The largest absolute Gasteiger partial charge is 0.373 e. The van der Waals surface area contributed by atoms with E-state index in [1.54, 1.807) is 38.5 Å². The van der Waals surface area contributed by atoms with E-state index in [4.69, 9.17) is 5.73 Å². The number of amides is 1. The Morgan fingerprint density at radius 1 is 1.39 bits per heavy atom. The molecule has 23 heavy (non-hydrogen) atoms. The first-order valence-electron chi connectivity index (χ1n) is 6.80. The van der Waals surface area contributed by atoms with E-state index in [1.807, 2.05) is 0 Å². The summed E-state index contributed by atoms with van der Waals surface area (Å²) in [6.07, 6.45) is 3.02. The van der Waals surface area contributed by atoms with Crippen molar-refractivity contribution in [1.29, 1.82) is 0 Å². The predicted octanol–water partition coefficient (Wildman–Crippen LogP) is 0.312. The summed E-state index contributed by atoms with van der Waals surface area (Å²) in [5, 5.41) is 10.0. The van der Waals surface area contributed by atoms with Gasteiger partial charge in [0.05, 0.1) is 6.20 Å². The molecule has 0 spiro atoms. The third-order valence-corrected chi connectivity index (χ3v) is 3.38. The summed E-state index contributed by atoms with van der Waals surface area (Å²) >= 11 is 0. The Morgan fingerprint density at radius 3 is 2.87 bits per heavy atom. The van der Waals surface area contributed by atoms with Gasteiger partial charge >= 0.3 is 0 Å². The maximum Gasteiger partial charge on any atom is 0.274 e. The van der Waals surface area contributed by atoms with Crippen LogP contribution in [0.4, 0.5) is 17.3 Å². The molecular weight excluding hydrogens is 298 g/mol. The fraction of sp³-hybridized carbons (Fsp3) is 0.143. The Balaban J connectivity index is 2.14. The number of rotatable bonds is 4. The van der Waals surface area contributed by atoms with Crippen LogP contribution in [0, 0.1) is 0 Å². The van der Waals surface area contributed by atoms with Gasteiger partial charge in [-0.15, -0.1) is 0 Å². The summed E-state index contributed by atoms with van der Waals surface area (Å²) in [6.45, 7) is 0. The molecule has 1 amide bonds. The highest BCUT2D eigenvalue weighted by Gasteiger charge is 2.15. The van der Waals surface area contributed by atoms with E-state index in [9.17, 15) is 9.59 Å².